The van der Waals surface area contributed by atoms with Gasteiger partial charge in [-0.2, -0.15) is 0 Å². The van der Waals surface area contributed by atoms with Crippen LogP contribution in [0.4, 0.5) is 0 Å². The van der Waals surface area contributed by atoms with Gasteiger partial charge in [0.05, 0.1) is 12.0 Å². The summed E-state index contributed by atoms with van der Waals surface area (Å²) in [5.74, 6) is 0.892. The lowest BCUT2D eigenvalue weighted by Crippen LogP contribution is -2.58. The predicted octanol–water partition coefficient (Wildman–Crippen LogP) is 1.02. The number of carbonyl (C=O) groups is 2. The zero-order chi connectivity index (χ0) is 14.4. The highest BCUT2D eigenvalue weighted by Gasteiger charge is 2.52. The number of hydrogen-bond acceptors (Lipinski definition) is 3. The first-order valence-corrected chi connectivity index (χ1v) is 8.50. The molecule has 0 aromatic carbocycles. The van der Waals surface area contributed by atoms with Gasteiger partial charge in [0.15, 0.2) is 0 Å². The molecule has 0 aromatic heterocycles. The third-order valence-corrected chi connectivity index (χ3v) is 6.00. The molecule has 0 bridgehead atoms. The number of hydrogen-bond donors (Lipinski definition) is 1. The minimum absolute atomic E-state index is 0. The van der Waals surface area contributed by atoms with Crippen LogP contribution in [0.1, 0.15) is 38.5 Å². The third kappa shape index (κ3) is 2.52. The van der Waals surface area contributed by atoms with E-state index in [0.717, 1.165) is 58.3 Å². The van der Waals surface area contributed by atoms with Crippen LogP contribution in [0.3, 0.4) is 0 Å². The van der Waals surface area contributed by atoms with Gasteiger partial charge in [-0.25, -0.2) is 0 Å². The maximum absolute atomic E-state index is 13.1. The van der Waals surface area contributed by atoms with Crippen molar-refractivity contribution in [2.24, 2.45) is 11.3 Å². The lowest BCUT2D eigenvalue weighted by molar-refractivity contribution is -0.154. The molecule has 5 nitrogen and oxygen atoms in total. The largest absolute Gasteiger partial charge is 0.336 e. The molecule has 0 radical (unpaired) electrons. The van der Waals surface area contributed by atoms with Crippen LogP contribution < -0.4 is 5.32 Å². The molecule has 0 unspecified atom stereocenters. The van der Waals surface area contributed by atoms with E-state index in [2.05, 4.69) is 5.32 Å². The molecule has 4 fully saturated rings. The van der Waals surface area contributed by atoms with Gasteiger partial charge in [0.25, 0.3) is 0 Å². The van der Waals surface area contributed by atoms with Crippen molar-refractivity contribution in [2.45, 2.75) is 44.6 Å². The van der Waals surface area contributed by atoms with Crippen molar-refractivity contribution in [1.82, 2.24) is 15.1 Å². The van der Waals surface area contributed by atoms with E-state index in [4.69, 9.17) is 0 Å². The van der Waals surface area contributed by atoms with Gasteiger partial charge in [0.2, 0.25) is 11.8 Å². The molecule has 1 N–H and O–H groups in total. The predicted molar refractivity (Wildman–Crippen MR) is 85.8 cm³/mol. The van der Waals surface area contributed by atoms with Crippen molar-refractivity contribution in [3.05, 3.63) is 0 Å². The van der Waals surface area contributed by atoms with Crippen molar-refractivity contribution < 1.29 is 9.59 Å². The van der Waals surface area contributed by atoms with E-state index in [1.165, 1.54) is 6.42 Å². The Bertz CT molecular complexity index is 468. The summed E-state index contributed by atoms with van der Waals surface area (Å²) in [5.41, 5.74) is -0.208. The average Bonchev–Trinajstić information content (AvgIpc) is 3.24. The molecular weight excluding hydrogens is 302 g/mol. The molecule has 0 aromatic rings. The normalized spacial score (nSPS) is 35.1. The van der Waals surface area contributed by atoms with Crippen molar-refractivity contribution in [3.63, 3.8) is 0 Å². The Morgan fingerprint density at radius 3 is 2.73 bits per heavy atom. The van der Waals surface area contributed by atoms with Crippen LogP contribution in [0.5, 0.6) is 0 Å². The SMILES string of the molecule is Cl.O=C1CN(C(=O)[C@@]23CCCC[C@H]2CNC3)CCN1C1CC1. The van der Waals surface area contributed by atoms with Gasteiger partial charge in [-0.15, -0.1) is 12.4 Å². The summed E-state index contributed by atoms with van der Waals surface area (Å²) in [4.78, 5) is 29.2. The molecule has 2 saturated heterocycles. The highest BCUT2D eigenvalue weighted by molar-refractivity contribution is 5.90. The number of amides is 2. The first-order valence-electron chi connectivity index (χ1n) is 8.50. The van der Waals surface area contributed by atoms with E-state index in [0.29, 0.717) is 18.5 Å². The van der Waals surface area contributed by atoms with E-state index in [9.17, 15) is 9.59 Å². The number of halogens is 1. The summed E-state index contributed by atoms with van der Waals surface area (Å²) in [6.07, 6.45) is 6.86. The fourth-order valence-electron chi connectivity index (χ4n) is 4.62. The molecule has 124 valence electrons. The number of rotatable bonds is 2. The van der Waals surface area contributed by atoms with Gasteiger partial charge in [-0.3, -0.25) is 9.59 Å². The first-order chi connectivity index (χ1) is 10.2. The fourth-order valence-corrected chi connectivity index (χ4v) is 4.62. The standard InChI is InChI=1S/C16H25N3O2.ClH/c20-14-10-18(7-8-19(14)13-4-5-13)15(21)16-6-2-1-3-12(16)9-17-11-16;/h12-13,17H,1-11H2;1H/t12-,16+;/m0./s1. The zero-order valence-electron chi connectivity index (χ0n) is 13.1. The van der Waals surface area contributed by atoms with Crippen molar-refractivity contribution >= 4 is 24.2 Å². The molecule has 2 aliphatic heterocycles. The van der Waals surface area contributed by atoms with Gasteiger partial charge < -0.3 is 15.1 Å². The van der Waals surface area contributed by atoms with Crippen molar-refractivity contribution in [1.29, 1.82) is 0 Å². The van der Waals surface area contributed by atoms with Crippen LogP contribution >= 0.6 is 12.4 Å². The quantitative estimate of drug-likeness (QED) is 0.824. The monoisotopic (exact) mass is 327 g/mol. The van der Waals surface area contributed by atoms with Gasteiger partial charge in [-0.1, -0.05) is 12.8 Å². The molecule has 6 heteroatoms. The highest BCUT2D eigenvalue weighted by Crippen LogP contribution is 2.45. The molecule has 2 heterocycles. The summed E-state index contributed by atoms with van der Waals surface area (Å²) in [7, 11) is 0. The Hall–Kier alpha value is -0.810. The number of piperazine rings is 1. The van der Waals surface area contributed by atoms with Gasteiger partial charge >= 0.3 is 0 Å². The smallest absolute Gasteiger partial charge is 0.242 e. The second-order valence-corrected chi connectivity index (χ2v) is 7.27. The molecule has 2 amide bonds. The Morgan fingerprint density at radius 1 is 1.18 bits per heavy atom. The van der Waals surface area contributed by atoms with Crippen LogP contribution in [-0.2, 0) is 9.59 Å². The number of nitrogens with one attached hydrogen (secondary N) is 1. The lowest BCUT2D eigenvalue weighted by Gasteiger charge is -2.43. The molecule has 0 spiro atoms. The molecule has 2 atom stereocenters. The third-order valence-electron chi connectivity index (χ3n) is 6.00. The van der Waals surface area contributed by atoms with E-state index in [1.807, 2.05) is 9.80 Å². The summed E-state index contributed by atoms with van der Waals surface area (Å²) in [6.45, 7) is 3.57. The molecule has 2 saturated carbocycles. The Balaban J connectivity index is 0.00000144. The van der Waals surface area contributed by atoms with Crippen LogP contribution in [0.25, 0.3) is 0 Å². The van der Waals surface area contributed by atoms with E-state index < -0.39 is 0 Å². The van der Waals surface area contributed by atoms with Crippen LogP contribution in [0, 0.1) is 11.3 Å². The van der Waals surface area contributed by atoms with Gasteiger partial charge in [0.1, 0.15) is 0 Å². The van der Waals surface area contributed by atoms with Crippen molar-refractivity contribution in [3.8, 4) is 0 Å². The molecular formula is C16H26ClN3O2. The number of carbonyl (C=O) groups excluding carboxylic acids is 2. The first kappa shape index (κ1) is 16.1. The molecule has 4 rings (SSSR count). The number of fused-ring (bicyclic) bond motifs is 1. The summed E-state index contributed by atoms with van der Waals surface area (Å²) in [6, 6.07) is 0.475. The van der Waals surface area contributed by atoms with Crippen LogP contribution in [0.2, 0.25) is 0 Å². The number of nitrogens with zero attached hydrogens (tertiary/aromatic N) is 2. The van der Waals surface area contributed by atoms with Crippen LogP contribution in [0.15, 0.2) is 0 Å². The summed E-state index contributed by atoms with van der Waals surface area (Å²) in [5, 5.41) is 3.43. The minimum atomic E-state index is -0.208. The summed E-state index contributed by atoms with van der Waals surface area (Å²) < 4.78 is 0. The fraction of sp³-hybridized carbons (Fsp3) is 0.875. The van der Waals surface area contributed by atoms with E-state index >= 15 is 0 Å². The minimum Gasteiger partial charge on any atom is -0.336 e. The Labute approximate surface area is 138 Å². The molecule has 22 heavy (non-hydrogen) atoms. The summed E-state index contributed by atoms with van der Waals surface area (Å²) >= 11 is 0. The van der Waals surface area contributed by atoms with Crippen LogP contribution in [-0.4, -0.2) is 60.4 Å². The van der Waals surface area contributed by atoms with Crippen molar-refractivity contribution in [2.75, 3.05) is 32.7 Å². The van der Waals surface area contributed by atoms with E-state index in [1.54, 1.807) is 0 Å². The van der Waals surface area contributed by atoms with Gasteiger partial charge in [0, 0.05) is 25.7 Å². The maximum atomic E-state index is 13.1. The van der Waals surface area contributed by atoms with Gasteiger partial charge in [-0.05, 0) is 38.1 Å². The lowest BCUT2D eigenvalue weighted by atomic mass is 9.67. The highest BCUT2D eigenvalue weighted by atomic mass is 35.5. The zero-order valence-corrected chi connectivity index (χ0v) is 13.9. The molecule has 4 aliphatic rings. The topological polar surface area (TPSA) is 52.7 Å². The Morgan fingerprint density at radius 2 is 2.00 bits per heavy atom. The second kappa shape index (κ2) is 6.00. The average molecular weight is 328 g/mol. The molecule has 2 aliphatic carbocycles. The second-order valence-electron chi connectivity index (χ2n) is 7.27. The van der Waals surface area contributed by atoms with E-state index in [-0.39, 0.29) is 29.6 Å². The Kier molecular flexibility index (Phi) is 4.38. The maximum Gasteiger partial charge on any atom is 0.242 e.